The molecule has 0 aliphatic rings. The van der Waals surface area contributed by atoms with Gasteiger partial charge in [-0.15, -0.1) is 0 Å². The second kappa shape index (κ2) is 13.7. The summed E-state index contributed by atoms with van der Waals surface area (Å²) < 4.78 is 22.7. The summed E-state index contributed by atoms with van der Waals surface area (Å²) in [6, 6.07) is 22.0. The fourth-order valence-corrected chi connectivity index (χ4v) is 3.58. The van der Waals surface area contributed by atoms with E-state index in [9.17, 15) is 9.90 Å². The van der Waals surface area contributed by atoms with Crippen molar-refractivity contribution in [2.45, 2.75) is 32.4 Å². The predicted octanol–water partition coefficient (Wildman–Crippen LogP) is 5.34. The Morgan fingerprint density at radius 2 is 1.76 bits per heavy atom. The first-order chi connectivity index (χ1) is 17.9. The van der Waals surface area contributed by atoms with E-state index < -0.39 is 12.1 Å². The van der Waals surface area contributed by atoms with Crippen LogP contribution < -0.4 is 24.7 Å². The van der Waals surface area contributed by atoms with Crippen molar-refractivity contribution in [3.8, 4) is 23.0 Å². The average molecular weight is 507 g/mol. The standard InChI is InChI=1S/C29H34N2O6/c1-4-27(29(32)33)37-25-10-7-9-22(19-25)20-31(21(2)36-28-12-6-5-11-26(28)30)17-8-18-35-24-15-13-23(34-3)14-16-24/h5-7,9-16,19,27H,2,4,8,17-18,20,30H2,1,3H3,(H,32,33)/t27-/m1/s1. The molecule has 0 bridgehead atoms. The molecular weight excluding hydrogens is 472 g/mol. The van der Waals surface area contributed by atoms with Crippen molar-refractivity contribution >= 4 is 11.7 Å². The van der Waals surface area contributed by atoms with Crippen LogP contribution in [0.4, 0.5) is 5.69 Å². The Balaban J connectivity index is 1.68. The fraction of sp³-hybridized carbons (Fsp3) is 0.276. The Hall–Kier alpha value is -4.33. The SMILES string of the molecule is C=C(Oc1ccccc1N)N(CCCOc1ccc(OC)cc1)Cc1cccc(O[C@H](CC)C(=O)O)c1. The second-order valence-electron chi connectivity index (χ2n) is 8.33. The van der Waals surface area contributed by atoms with Crippen molar-refractivity contribution in [1.82, 2.24) is 4.90 Å². The van der Waals surface area contributed by atoms with Gasteiger partial charge >= 0.3 is 5.97 Å². The molecule has 196 valence electrons. The van der Waals surface area contributed by atoms with Crippen molar-refractivity contribution in [2.24, 2.45) is 0 Å². The van der Waals surface area contributed by atoms with Gasteiger partial charge in [0, 0.05) is 13.1 Å². The summed E-state index contributed by atoms with van der Waals surface area (Å²) in [7, 11) is 1.62. The third kappa shape index (κ3) is 8.38. The van der Waals surface area contributed by atoms with E-state index in [1.54, 1.807) is 32.2 Å². The van der Waals surface area contributed by atoms with Crippen LogP contribution in [-0.4, -0.2) is 42.3 Å². The lowest BCUT2D eigenvalue weighted by molar-refractivity contribution is -0.145. The van der Waals surface area contributed by atoms with Crippen LogP contribution in [0, 0.1) is 0 Å². The molecule has 0 radical (unpaired) electrons. The number of benzene rings is 3. The molecule has 0 aromatic heterocycles. The first-order valence-corrected chi connectivity index (χ1v) is 12.1. The van der Waals surface area contributed by atoms with Crippen molar-refractivity contribution in [1.29, 1.82) is 0 Å². The lowest BCUT2D eigenvalue weighted by Crippen LogP contribution is -2.28. The molecule has 3 aromatic carbocycles. The van der Waals surface area contributed by atoms with Crippen molar-refractivity contribution < 1.29 is 28.8 Å². The number of hydrogen-bond acceptors (Lipinski definition) is 7. The smallest absolute Gasteiger partial charge is 0.344 e. The van der Waals surface area contributed by atoms with Gasteiger partial charge < -0.3 is 34.7 Å². The molecule has 0 heterocycles. The number of aliphatic carboxylic acids is 1. The van der Waals surface area contributed by atoms with Crippen LogP contribution in [0.1, 0.15) is 25.3 Å². The highest BCUT2D eigenvalue weighted by Crippen LogP contribution is 2.25. The summed E-state index contributed by atoms with van der Waals surface area (Å²) in [6.07, 6.45) is 0.162. The van der Waals surface area contributed by atoms with Crippen LogP contribution in [-0.2, 0) is 11.3 Å². The number of carboxylic acid groups (broad SMARTS) is 1. The maximum Gasteiger partial charge on any atom is 0.344 e. The van der Waals surface area contributed by atoms with E-state index in [2.05, 4.69) is 6.58 Å². The number of nitrogen functional groups attached to an aromatic ring is 1. The minimum Gasteiger partial charge on any atom is -0.497 e. The van der Waals surface area contributed by atoms with Gasteiger partial charge in [0.15, 0.2) is 17.7 Å². The highest BCUT2D eigenvalue weighted by atomic mass is 16.5. The highest BCUT2D eigenvalue weighted by Gasteiger charge is 2.18. The van der Waals surface area contributed by atoms with Gasteiger partial charge in [0.25, 0.3) is 0 Å². The number of para-hydroxylation sites is 2. The predicted molar refractivity (Wildman–Crippen MR) is 143 cm³/mol. The van der Waals surface area contributed by atoms with E-state index in [4.69, 9.17) is 24.7 Å². The third-order valence-electron chi connectivity index (χ3n) is 5.60. The zero-order chi connectivity index (χ0) is 26.6. The molecule has 0 saturated heterocycles. The Morgan fingerprint density at radius 1 is 1.03 bits per heavy atom. The molecule has 1 atom stereocenters. The highest BCUT2D eigenvalue weighted by molar-refractivity contribution is 5.72. The fourth-order valence-electron chi connectivity index (χ4n) is 3.58. The summed E-state index contributed by atoms with van der Waals surface area (Å²) >= 11 is 0. The van der Waals surface area contributed by atoms with Crippen molar-refractivity contribution in [2.75, 3.05) is 26.0 Å². The summed E-state index contributed by atoms with van der Waals surface area (Å²) in [5.41, 5.74) is 7.49. The number of nitrogens with two attached hydrogens (primary N) is 1. The van der Waals surface area contributed by atoms with Crippen LogP contribution in [0.5, 0.6) is 23.0 Å². The van der Waals surface area contributed by atoms with Crippen LogP contribution in [0.15, 0.2) is 85.3 Å². The molecule has 0 aliphatic carbocycles. The summed E-state index contributed by atoms with van der Waals surface area (Å²) in [5, 5.41) is 9.32. The molecular formula is C29H34N2O6. The number of nitrogens with zero attached hydrogens (tertiary/aromatic N) is 1. The molecule has 0 spiro atoms. The van der Waals surface area contributed by atoms with Gasteiger partial charge in [-0.2, -0.15) is 0 Å². The molecule has 0 amide bonds. The van der Waals surface area contributed by atoms with Gasteiger partial charge in [0.1, 0.15) is 17.2 Å². The maximum atomic E-state index is 11.4. The first kappa shape index (κ1) is 27.3. The van der Waals surface area contributed by atoms with Crippen molar-refractivity contribution in [3.05, 3.63) is 90.8 Å². The quantitative estimate of drug-likeness (QED) is 0.162. The van der Waals surface area contributed by atoms with Crippen LogP contribution >= 0.6 is 0 Å². The van der Waals surface area contributed by atoms with E-state index >= 15 is 0 Å². The van der Waals surface area contributed by atoms with Gasteiger partial charge in [-0.1, -0.05) is 31.2 Å². The van der Waals surface area contributed by atoms with Gasteiger partial charge in [-0.25, -0.2) is 4.79 Å². The molecule has 3 aromatic rings. The lowest BCUT2D eigenvalue weighted by Gasteiger charge is -2.27. The zero-order valence-corrected chi connectivity index (χ0v) is 21.3. The van der Waals surface area contributed by atoms with Crippen LogP contribution in [0.3, 0.4) is 0 Å². The van der Waals surface area contributed by atoms with Gasteiger partial charge in [-0.05, 0) is 73.5 Å². The minimum atomic E-state index is -0.992. The topological polar surface area (TPSA) is 103 Å². The van der Waals surface area contributed by atoms with Crippen molar-refractivity contribution in [3.63, 3.8) is 0 Å². The van der Waals surface area contributed by atoms with Gasteiger partial charge in [-0.3, -0.25) is 0 Å². The molecule has 0 aliphatic heterocycles. The first-order valence-electron chi connectivity index (χ1n) is 12.1. The van der Waals surface area contributed by atoms with E-state index in [1.807, 2.05) is 59.5 Å². The van der Waals surface area contributed by atoms with E-state index in [0.29, 0.717) is 55.6 Å². The molecule has 0 fully saturated rings. The minimum absolute atomic E-state index is 0.364. The molecule has 8 nitrogen and oxygen atoms in total. The van der Waals surface area contributed by atoms with Crippen LogP contribution in [0.25, 0.3) is 0 Å². The lowest BCUT2D eigenvalue weighted by atomic mass is 10.2. The zero-order valence-electron chi connectivity index (χ0n) is 21.3. The summed E-state index contributed by atoms with van der Waals surface area (Å²) in [4.78, 5) is 13.4. The number of carboxylic acids is 1. The maximum absolute atomic E-state index is 11.4. The summed E-state index contributed by atoms with van der Waals surface area (Å²) in [5.74, 6) is 1.99. The summed E-state index contributed by atoms with van der Waals surface area (Å²) in [6.45, 7) is 7.46. The van der Waals surface area contributed by atoms with E-state index in [1.165, 1.54) is 0 Å². The van der Waals surface area contributed by atoms with Gasteiger partial charge in [0.2, 0.25) is 0 Å². The molecule has 37 heavy (non-hydrogen) atoms. The largest absolute Gasteiger partial charge is 0.497 e. The number of ether oxygens (including phenoxy) is 4. The Labute approximate surface area is 217 Å². The van der Waals surface area contributed by atoms with E-state index in [-0.39, 0.29) is 0 Å². The normalized spacial score (nSPS) is 11.3. The number of hydrogen-bond donors (Lipinski definition) is 2. The molecule has 0 unspecified atom stereocenters. The Kier molecular flexibility index (Phi) is 10.1. The number of anilines is 1. The van der Waals surface area contributed by atoms with E-state index in [0.717, 1.165) is 17.1 Å². The number of carbonyl (C=O) groups is 1. The van der Waals surface area contributed by atoms with Gasteiger partial charge in [0.05, 0.1) is 19.4 Å². The number of rotatable bonds is 15. The molecule has 3 N–H and O–H groups in total. The monoisotopic (exact) mass is 506 g/mol. The third-order valence-corrected chi connectivity index (χ3v) is 5.60. The molecule has 3 rings (SSSR count). The Morgan fingerprint density at radius 3 is 2.43 bits per heavy atom. The Bertz CT molecular complexity index is 1170. The van der Waals surface area contributed by atoms with Crippen LogP contribution in [0.2, 0.25) is 0 Å². The number of methoxy groups -OCH3 is 1. The average Bonchev–Trinajstić information content (AvgIpc) is 2.90. The second-order valence-corrected chi connectivity index (χ2v) is 8.33. The molecule has 0 saturated carbocycles. The molecule has 8 heteroatoms.